The molecule has 0 aromatic heterocycles. The van der Waals surface area contributed by atoms with Crippen LogP contribution in [0.3, 0.4) is 0 Å². The summed E-state index contributed by atoms with van der Waals surface area (Å²) < 4.78 is 10.6. The van der Waals surface area contributed by atoms with E-state index in [4.69, 9.17) is 14.6 Å². The van der Waals surface area contributed by atoms with E-state index in [1.54, 1.807) is 0 Å². The summed E-state index contributed by atoms with van der Waals surface area (Å²) in [5, 5.41) is 21.4. The summed E-state index contributed by atoms with van der Waals surface area (Å²) in [6, 6.07) is 0. The van der Waals surface area contributed by atoms with Crippen molar-refractivity contribution in [2.24, 2.45) is 0 Å². The molecule has 0 heterocycles. The second-order valence-electron chi connectivity index (χ2n) is 4.64. The zero-order chi connectivity index (χ0) is 13.6. The number of hydrogen-bond donors (Lipinski definition) is 3. The molecule has 0 radical (unpaired) electrons. The molecule has 0 aliphatic heterocycles. The molecule has 0 saturated carbocycles. The summed E-state index contributed by atoms with van der Waals surface area (Å²) in [7, 11) is 0. The van der Waals surface area contributed by atoms with Crippen molar-refractivity contribution >= 4 is 0 Å². The van der Waals surface area contributed by atoms with Crippen LogP contribution in [0.25, 0.3) is 0 Å². The SMILES string of the molecule is CC(C)OCCOCC(O)CNCCCCCO. The Morgan fingerprint density at radius 2 is 1.89 bits per heavy atom. The van der Waals surface area contributed by atoms with Crippen molar-refractivity contribution in [3.8, 4) is 0 Å². The van der Waals surface area contributed by atoms with E-state index in [1.165, 1.54) is 0 Å². The van der Waals surface area contributed by atoms with Crippen LogP contribution in [-0.2, 0) is 9.47 Å². The van der Waals surface area contributed by atoms with Crippen LogP contribution in [0.4, 0.5) is 0 Å². The molecule has 0 aliphatic rings. The van der Waals surface area contributed by atoms with Crippen LogP contribution in [0.5, 0.6) is 0 Å². The minimum atomic E-state index is -0.470. The molecule has 1 unspecified atom stereocenters. The van der Waals surface area contributed by atoms with Crippen LogP contribution in [0, 0.1) is 0 Å². The molecule has 0 aromatic rings. The van der Waals surface area contributed by atoms with E-state index in [1.807, 2.05) is 13.8 Å². The zero-order valence-corrected chi connectivity index (χ0v) is 11.7. The van der Waals surface area contributed by atoms with Crippen LogP contribution < -0.4 is 5.32 Å². The van der Waals surface area contributed by atoms with Crippen LogP contribution in [-0.4, -0.2) is 61.9 Å². The molecule has 110 valence electrons. The Bertz CT molecular complexity index is 167. The van der Waals surface area contributed by atoms with E-state index in [9.17, 15) is 5.11 Å². The molecule has 0 rings (SSSR count). The Labute approximate surface area is 110 Å². The normalized spacial score (nSPS) is 13.2. The molecule has 0 bridgehead atoms. The highest BCUT2D eigenvalue weighted by Gasteiger charge is 2.03. The van der Waals surface area contributed by atoms with Crippen molar-refractivity contribution in [3.63, 3.8) is 0 Å². The number of hydrogen-bond acceptors (Lipinski definition) is 5. The van der Waals surface area contributed by atoms with Crippen LogP contribution >= 0.6 is 0 Å². The molecule has 5 nitrogen and oxygen atoms in total. The van der Waals surface area contributed by atoms with Crippen molar-refractivity contribution in [2.75, 3.05) is 39.5 Å². The number of unbranched alkanes of at least 4 members (excludes halogenated alkanes) is 2. The fraction of sp³-hybridized carbons (Fsp3) is 1.00. The van der Waals surface area contributed by atoms with Crippen LogP contribution in [0.2, 0.25) is 0 Å². The molecular formula is C13H29NO4. The zero-order valence-electron chi connectivity index (χ0n) is 11.7. The van der Waals surface area contributed by atoms with Gasteiger partial charge >= 0.3 is 0 Å². The minimum Gasteiger partial charge on any atom is -0.396 e. The molecule has 0 saturated heterocycles. The first kappa shape index (κ1) is 17.8. The average Bonchev–Trinajstić information content (AvgIpc) is 2.33. The molecule has 3 N–H and O–H groups in total. The van der Waals surface area contributed by atoms with Crippen molar-refractivity contribution in [2.45, 2.75) is 45.3 Å². The predicted octanol–water partition coefficient (Wildman–Crippen LogP) is 0.541. The van der Waals surface area contributed by atoms with Gasteiger partial charge in [0.05, 0.1) is 32.0 Å². The van der Waals surface area contributed by atoms with Gasteiger partial charge in [-0.25, -0.2) is 0 Å². The maximum Gasteiger partial charge on any atom is 0.0897 e. The van der Waals surface area contributed by atoms with Gasteiger partial charge in [0.25, 0.3) is 0 Å². The number of nitrogens with one attached hydrogen (secondary N) is 1. The summed E-state index contributed by atoms with van der Waals surface area (Å²) in [4.78, 5) is 0. The standard InChI is InChI=1S/C13H29NO4/c1-12(2)18-9-8-17-11-13(16)10-14-6-4-3-5-7-15/h12-16H,3-11H2,1-2H3. The average molecular weight is 263 g/mol. The second-order valence-corrected chi connectivity index (χ2v) is 4.64. The molecule has 1 atom stereocenters. The van der Waals surface area contributed by atoms with E-state index in [0.29, 0.717) is 26.4 Å². The highest BCUT2D eigenvalue weighted by Crippen LogP contribution is 1.92. The molecule has 5 heteroatoms. The molecule has 0 spiro atoms. The highest BCUT2D eigenvalue weighted by atomic mass is 16.5. The molecule has 0 aliphatic carbocycles. The van der Waals surface area contributed by atoms with Crippen molar-refractivity contribution in [1.82, 2.24) is 5.32 Å². The van der Waals surface area contributed by atoms with Gasteiger partial charge in [0.1, 0.15) is 0 Å². The van der Waals surface area contributed by atoms with Gasteiger partial charge in [-0.15, -0.1) is 0 Å². The molecule has 0 aromatic carbocycles. The van der Waals surface area contributed by atoms with Gasteiger partial charge in [0.2, 0.25) is 0 Å². The van der Waals surface area contributed by atoms with Gasteiger partial charge in [-0.1, -0.05) is 0 Å². The molecule has 0 fully saturated rings. The first-order valence-electron chi connectivity index (χ1n) is 6.85. The Balaban J connectivity index is 3.15. The second kappa shape index (κ2) is 13.2. The fourth-order valence-electron chi connectivity index (χ4n) is 1.43. The summed E-state index contributed by atoms with van der Waals surface area (Å²) in [5.74, 6) is 0. The van der Waals surface area contributed by atoms with E-state index < -0.39 is 6.10 Å². The lowest BCUT2D eigenvalue weighted by Gasteiger charge is -2.13. The maximum absolute atomic E-state index is 9.59. The van der Waals surface area contributed by atoms with Gasteiger partial charge in [0, 0.05) is 13.2 Å². The molecular weight excluding hydrogens is 234 g/mol. The largest absolute Gasteiger partial charge is 0.396 e. The Morgan fingerprint density at radius 1 is 1.11 bits per heavy atom. The summed E-state index contributed by atoms with van der Waals surface area (Å²) >= 11 is 0. The lowest BCUT2D eigenvalue weighted by molar-refractivity contribution is -0.00992. The van der Waals surface area contributed by atoms with Gasteiger partial charge in [-0.05, 0) is 39.7 Å². The maximum atomic E-state index is 9.59. The minimum absolute atomic E-state index is 0.221. The molecule has 0 amide bonds. The van der Waals surface area contributed by atoms with Crippen LogP contribution in [0.1, 0.15) is 33.1 Å². The van der Waals surface area contributed by atoms with Gasteiger partial charge in [-0.3, -0.25) is 0 Å². The third-order valence-corrected chi connectivity index (χ3v) is 2.38. The lowest BCUT2D eigenvalue weighted by Crippen LogP contribution is -2.31. The third-order valence-electron chi connectivity index (χ3n) is 2.38. The summed E-state index contributed by atoms with van der Waals surface area (Å²) in [6.45, 7) is 7.06. The summed E-state index contributed by atoms with van der Waals surface area (Å²) in [6.07, 6.45) is 2.64. The Morgan fingerprint density at radius 3 is 2.56 bits per heavy atom. The first-order chi connectivity index (χ1) is 8.66. The van der Waals surface area contributed by atoms with Gasteiger partial charge < -0.3 is 25.0 Å². The smallest absolute Gasteiger partial charge is 0.0897 e. The van der Waals surface area contributed by atoms with Crippen LogP contribution in [0.15, 0.2) is 0 Å². The number of ether oxygens (including phenoxy) is 2. The topological polar surface area (TPSA) is 71.0 Å². The van der Waals surface area contributed by atoms with Crippen molar-refractivity contribution in [3.05, 3.63) is 0 Å². The van der Waals surface area contributed by atoms with E-state index in [-0.39, 0.29) is 12.7 Å². The van der Waals surface area contributed by atoms with Gasteiger partial charge in [0.15, 0.2) is 0 Å². The Hall–Kier alpha value is -0.200. The van der Waals surface area contributed by atoms with E-state index >= 15 is 0 Å². The van der Waals surface area contributed by atoms with Crippen molar-refractivity contribution in [1.29, 1.82) is 0 Å². The number of rotatable bonds is 13. The monoisotopic (exact) mass is 263 g/mol. The van der Waals surface area contributed by atoms with E-state index in [2.05, 4.69) is 5.32 Å². The number of aliphatic hydroxyl groups excluding tert-OH is 2. The predicted molar refractivity (Wildman–Crippen MR) is 71.7 cm³/mol. The molecule has 18 heavy (non-hydrogen) atoms. The summed E-state index contributed by atoms with van der Waals surface area (Å²) in [5.41, 5.74) is 0. The quantitative estimate of drug-likeness (QED) is 0.423. The lowest BCUT2D eigenvalue weighted by atomic mass is 10.2. The van der Waals surface area contributed by atoms with Crippen molar-refractivity contribution < 1.29 is 19.7 Å². The van der Waals surface area contributed by atoms with E-state index in [0.717, 1.165) is 25.8 Å². The van der Waals surface area contributed by atoms with Gasteiger partial charge in [-0.2, -0.15) is 0 Å². The highest BCUT2D eigenvalue weighted by molar-refractivity contribution is 4.58. The number of aliphatic hydroxyl groups is 2. The fourth-order valence-corrected chi connectivity index (χ4v) is 1.43. The first-order valence-corrected chi connectivity index (χ1v) is 6.85. The Kier molecular flexibility index (Phi) is 13.1. The third kappa shape index (κ3) is 13.9.